The molecule has 2 rings (SSSR count). The van der Waals surface area contributed by atoms with E-state index in [0.717, 1.165) is 36.0 Å². The van der Waals surface area contributed by atoms with Crippen LogP contribution in [-0.4, -0.2) is 35.4 Å². The number of carbonyl (C=O) groups is 1. The van der Waals surface area contributed by atoms with Crippen molar-refractivity contribution in [3.63, 3.8) is 0 Å². The van der Waals surface area contributed by atoms with Crippen LogP contribution in [0.25, 0.3) is 0 Å². The van der Waals surface area contributed by atoms with Crippen molar-refractivity contribution in [2.75, 3.05) is 13.2 Å². The topological polar surface area (TPSA) is 67.0 Å². The molecule has 1 aliphatic rings. The summed E-state index contributed by atoms with van der Waals surface area (Å²) in [5, 5.41) is 9.86. The number of halogens is 1. The molecule has 2 heterocycles. The first-order valence-corrected chi connectivity index (χ1v) is 7.52. The van der Waals surface area contributed by atoms with Crippen LogP contribution in [0.4, 0.5) is 0 Å². The molecule has 1 amide bonds. The quantitative estimate of drug-likeness (QED) is 0.872. The van der Waals surface area contributed by atoms with E-state index in [-0.39, 0.29) is 5.91 Å². The Labute approximate surface area is 121 Å². The van der Waals surface area contributed by atoms with Gasteiger partial charge in [0.15, 0.2) is 5.69 Å². The first kappa shape index (κ1) is 14.5. The van der Waals surface area contributed by atoms with Crippen LogP contribution in [-0.2, 0) is 4.74 Å². The second-order valence-electron chi connectivity index (χ2n) is 5.13. The molecule has 6 heteroatoms. The molecule has 0 radical (unpaired) electrons. The van der Waals surface area contributed by atoms with Crippen molar-refractivity contribution in [1.82, 2.24) is 15.5 Å². The van der Waals surface area contributed by atoms with Crippen LogP contribution in [0.15, 0.2) is 4.47 Å². The van der Waals surface area contributed by atoms with E-state index in [9.17, 15) is 4.79 Å². The van der Waals surface area contributed by atoms with Gasteiger partial charge >= 0.3 is 0 Å². The summed E-state index contributed by atoms with van der Waals surface area (Å²) < 4.78 is 6.28. The summed E-state index contributed by atoms with van der Waals surface area (Å²) >= 11 is 3.43. The maximum Gasteiger partial charge on any atom is 0.272 e. The van der Waals surface area contributed by atoms with Gasteiger partial charge in [0, 0.05) is 13.2 Å². The van der Waals surface area contributed by atoms with E-state index in [1.807, 2.05) is 0 Å². The fraction of sp³-hybridized carbons (Fsp3) is 0.692. The Bertz CT molecular complexity index is 439. The van der Waals surface area contributed by atoms with E-state index in [0.29, 0.717) is 24.3 Å². The first-order valence-electron chi connectivity index (χ1n) is 6.73. The summed E-state index contributed by atoms with van der Waals surface area (Å²) in [7, 11) is 0. The zero-order chi connectivity index (χ0) is 13.8. The second-order valence-corrected chi connectivity index (χ2v) is 5.93. The Balaban J connectivity index is 1.85. The largest absolute Gasteiger partial charge is 0.378 e. The van der Waals surface area contributed by atoms with Gasteiger partial charge in [-0.25, -0.2) is 0 Å². The van der Waals surface area contributed by atoms with Crippen molar-refractivity contribution in [2.45, 2.75) is 45.1 Å². The average Bonchev–Trinajstić information content (AvgIpc) is 2.98. The van der Waals surface area contributed by atoms with Crippen molar-refractivity contribution >= 4 is 21.8 Å². The van der Waals surface area contributed by atoms with Crippen LogP contribution in [0, 0.1) is 0 Å². The lowest BCUT2D eigenvalue weighted by Gasteiger charge is -2.09. The number of aromatic nitrogens is 2. The molecule has 0 saturated carbocycles. The molecular weight excluding hydrogens is 310 g/mol. The number of H-pyrrole nitrogens is 1. The second kappa shape index (κ2) is 6.52. The van der Waals surface area contributed by atoms with Crippen LogP contribution in [0.5, 0.6) is 0 Å². The molecule has 106 valence electrons. The Kier molecular flexibility index (Phi) is 4.99. The molecule has 0 bridgehead atoms. The summed E-state index contributed by atoms with van der Waals surface area (Å²) in [5.74, 6) is 0.156. The van der Waals surface area contributed by atoms with E-state index >= 15 is 0 Å². The third-order valence-electron chi connectivity index (χ3n) is 3.30. The van der Waals surface area contributed by atoms with Crippen LogP contribution < -0.4 is 5.32 Å². The van der Waals surface area contributed by atoms with Crippen molar-refractivity contribution in [1.29, 1.82) is 0 Å². The van der Waals surface area contributed by atoms with Gasteiger partial charge in [0.05, 0.1) is 16.3 Å². The van der Waals surface area contributed by atoms with Crippen LogP contribution in [0.3, 0.4) is 0 Å². The molecular formula is C13H20BrN3O2. The lowest BCUT2D eigenvalue weighted by atomic mass is 10.1. The smallest absolute Gasteiger partial charge is 0.272 e. The molecule has 0 unspecified atom stereocenters. The fourth-order valence-electron chi connectivity index (χ4n) is 2.18. The van der Waals surface area contributed by atoms with Gasteiger partial charge in [0.1, 0.15) is 0 Å². The lowest BCUT2D eigenvalue weighted by Crippen LogP contribution is -2.27. The van der Waals surface area contributed by atoms with Crippen LogP contribution in [0.2, 0.25) is 0 Å². The van der Waals surface area contributed by atoms with E-state index in [1.165, 1.54) is 0 Å². The van der Waals surface area contributed by atoms with E-state index < -0.39 is 0 Å². The average molecular weight is 330 g/mol. The number of amides is 1. The highest BCUT2D eigenvalue weighted by molar-refractivity contribution is 9.10. The zero-order valence-corrected chi connectivity index (χ0v) is 12.9. The van der Waals surface area contributed by atoms with Crippen LogP contribution >= 0.6 is 15.9 Å². The van der Waals surface area contributed by atoms with Gasteiger partial charge in [-0.15, -0.1) is 0 Å². The van der Waals surface area contributed by atoms with Gasteiger partial charge < -0.3 is 10.1 Å². The summed E-state index contributed by atoms with van der Waals surface area (Å²) in [4.78, 5) is 12.0. The number of nitrogens with one attached hydrogen (secondary N) is 2. The van der Waals surface area contributed by atoms with Gasteiger partial charge in [0.2, 0.25) is 0 Å². The zero-order valence-electron chi connectivity index (χ0n) is 11.3. The van der Waals surface area contributed by atoms with Crippen LogP contribution in [0.1, 0.15) is 55.2 Å². The van der Waals surface area contributed by atoms with Gasteiger partial charge in [0.25, 0.3) is 5.91 Å². The summed E-state index contributed by atoms with van der Waals surface area (Å²) in [6.07, 6.45) is 3.39. The molecule has 0 aromatic carbocycles. The number of aromatic amines is 1. The highest BCUT2D eigenvalue weighted by atomic mass is 79.9. The van der Waals surface area contributed by atoms with Gasteiger partial charge in [-0.3, -0.25) is 9.89 Å². The van der Waals surface area contributed by atoms with Crippen molar-refractivity contribution in [2.24, 2.45) is 0 Å². The molecule has 0 aliphatic carbocycles. The number of nitrogens with zero attached hydrogens (tertiary/aromatic N) is 1. The van der Waals surface area contributed by atoms with Crippen molar-refractivity contribution in [3.8, 4) is 0 Å². The molecule has 19 heavy (non-hydrogen) atoms. The molecule has 1 aliphatic heterocycles. The van der Waals surface area contributed by atoms with E-state index in [2.05, 4.69) is 45.3 Å². The standard InChI is InChI=1S/C13H20BrN3O2/c1-8(2)11-10(14)12(17-16-11)13(18)15-6-5-9-4-3-7-19-9/h8-9H,3-7H2,1-2H3,(H,15,18)(H,16,17)/t9-/m0/s1. The molecule has 2 N–H and O–H groups in total. The maximum absolute atomic E-state index is 12.0. The van der Waals surface area contributed by atoms with Crippen molar-refractivity contribution in [3.05, 3.63) is 15.9 Å². The minimum absolute atomic E-state index is 0.145. The fourth-order valence-corrected chi connectivity index (χ4v) is 2.99. The number of ether oxygens (including phenoxy) is 1. The molecule has 1 aromatic heterocycles. The van der Waals surface area contributed by atoms with E-state index in [1.54, 1.807) is 0 Å². The normalized spacial score (nSPS) is 19.1. The number of hydrogen-bond donors (Lipinski definition) is 2. The minimum atomic E-state index is -0.145. The Morgan fingerprint density at radius 1 is 1.63 bits per heavy atom. The number of rotatable bonds is 5. The third kappa shape index (κ3) is 3.57. The summed E-state index contributed by atoms with van der Waals surface area (Å²) in [6.45, 7) is 5.58. The SMILES string of the molecule is CC(C)c1[nH]nc(C(=O)NCC[C@@H]2CCCO2)c1Br. The Morgan fingerprint density at radius 3 is 3.00 bits per heavy atom. The maximum atomic E-state index is 12.0. The summed E-state index contributed by atoms with van der Waals surface area (Å²) in [5.41, 5.74) is 1.38. The third-order valence-corrected chi connectivity index (χ3v) is 4.10. The Morgan fingerprint density at radius 2 is 2.42 bits per heavy atom. The summed E-state index contributed by atoms with van der Waals surface area (Å²) in [6, 6.07) is 0. The Hall–Kier alpha value is -0.880. The molecule has 5 nitrogen and oxygen atoms in total. The van der Waals surface area contributed by atoms with Gasteiger partial charge in [-0.05, 0) is 41.1 Å². The monoisotopic (exact) mass is 329 g/mol. The molecule has 1 fully saturated rings. The number of carbonyl (C=O) groups excluding carboxylic acids is 1. The predicted molar refractivity (Wildman–Crippen MR) is 76.3 cm³/mol. The highest BCUT2D eigenvalue weighted by Crippen LogP contribution is 2.25. The van der Waals surface area contributed by atoms with E-state index in [4.69, 9.17) is 4.74 Å². The highest BCUT2D eigenvalue weighted by Gasteiger charge is 2.20. The van der Waals surface area contributed by atoms with Gasteiger partial charge in [-0.2, -0.15) is 5.10 Å². The molecule has 1 aromatic rings. The van der Waals surface area contributed by atoms with Crippen molar-refractivity contribution < 1.29 is 9.53 Å². The lowest BCUT2D eigenvalue weighted by molar-refractivity contribution is 0.0902. The predicted octanol–water partition coefficient (Wildman–Crippen LogP) is 2.59. The molecule has 1 saturated heterocycles. The molecule has 0 spiro atoms. The van der Waals surface area contributed by atoms with Gasteiger partial charge in [-0.1, -0.05) is 13.8 Å². The first-order chi connectivity index (χ1) is 9.09. The number of hydrogen-bond acceptors (Lipinski definition) is 3. The minimum Gasteiger partial charge on any atom is -0.378 e. The molecule has 1 atom stereocenters.